The maximum atomic E-state index is 4.15. The Bertz CT molecular complexity index is 365. The Hall–Kier alpha value is -1.45. The van der Waals surface area contributed by atoms with Crippen molar-refractivity contribution in [2.45, 2.75) is 13.5 Å². The van der Waals surface area contributed by atoms with Gasteiger partial charge in [0.1, 0.15) is 0 Å². The Balaban J connectivity index is 2.76. The highest BCUT2D eigenvalue weighted by Crippen LogP contribution is 2.04. The monoisotopic (exact) mass is 148 g/mol. The van der Waals surface area contributed by atoms with Crippen LogP contribution in [0, 0.1) is 0 Å². The van der Waals surface area contributed by atoms with Gasteiger partial charge in [0.05, 0.1) is 6.33 Å². The van der Waals surface area contributed by atoms with E-state index in [4.69, 9.17) is 0 Å². The van der Waals surface area contributed by atoms with Crippen molar-refractivity contribution in [3.8, 4) is 0 Å². The summed E-state index contributed by atoms with van der Waals surface area (Å²) in [5, 5.41) is 0. The minimum atomic E-state index is 0.717. The van der Waals surface area contributed by atoms with E-state index in [1.165, 1.54) is 0 Å². The van der Waals surface area contributed by atoms with Crippen molar-refractivity contribution in [2.75, 3.05) is 0 Å². The molecule has 0 aliphatic rings. The van der Waals surface area contributed by atoms with Crippen molar-refractivity contribution in [3.63, 3.8) is 0 Å². The largest absolute Gasteiger partial charge is 0.314 e. The van der Waals surface area contributed by atoms with E-state index in [2.05, 4.69) is 21.9 Å². The first-order valence-electron chi connectivity index (χ1n) is 3.53. The summed E-state index contributed by atoms with van der Waals surface area (Å²) in [6.07, 6.45) is 5.08. The number of rotatable bonds is 1. The van der Waals surface area contributed by atoms with Crippen molar-refractivity contribution in [2.24, 2.45) is 0 Å². The molecule has 0 N–H and O–H groups in total. The van der Waals surface area contributed by atoms with Crippen molar-refractivity contribution in [1.82, 2.24) is 19.5 Å². The van der Waals surface area contributed by atoms with Crippen molar-refractivity contribution < 1.29 is 0 Å². The Morgan fingerprint density at radius 2 is 2.09 bits per heavy atom. The summed E-state index contributed by atoms with van der Waals surface area (Å²) in [4.78, 5) is 12.3. The molecule has 2 aromatic heterocycles. The third kappa shape index (κ3) is 0.869. The fourth-order valence-corrected chi connectivity index (χ4v) is 1.03. The van der Waals surface area contributed by atoms with Crippen LogP contribution in [-0.4, -0.2) is 19.5 Å². The van der Waals surface area contributed by atoms with E-state index in [0.717, 1.165) is 12.2 Å². The van der Waals surface area contributed by atoms with Gasteiger partial charge in [-0.3, -0.25) is 0 Å². The molecule has 0 fully saturated rings. The molecule has 0 saturated carbocycles. The average Bonchev–Trinajstić information content (AvgIpc) is 2.47. The Morgan fingerprint density at radius 1 is 1.27 bits per heavy atom. The van der Waals surface area contributed by atoms with E-state index in [9.17, 15) is 0 Å². The van der Waals surface area contributed by atoms with Gasteiger partial charge in [0, 0.05) is 18.9 Å². The van der Waals surface area contributed by atoms with Gasteiger partial charge in [-0.1, -0.05) is 0 Å². The maximum Gasteiger partial charge on any atom is 0.197 e. The van der Waals surface area contributed by atoms with Gasteiger partial charge in [0.15, 0.2) is 11.3 Å². The highest BCUT2D eigenvalue weighted by atomic mass is 15.1. The molecular weight excluding hydrogens is 140 g/mol. The quantitative estimate of drug-likeness (QED) is 0.602. The molecular formula is C7H8N4. The van der Waals surface area contributed by atoms with Crippen molar-refractivity contribution in [3.05, 3.63) is 18.7 Å². The molecule has 0 unspecified atom stereocenters. The van der Waals surface area contributed by atoms with Gasteiger partial charge >= 0.3 is 0 Å². The standard InChI is InChI=1S/C7H8N4/c1-2-11-5-10-6-7(11)9-4-3-8-6/h3-5H,2H2,1H3. The molecule has 0 amide bonds. The van der Waals surface area contributed by atoms with Crippen molar-refractivity contribution in [1.29, 1.82) is 0 Å². The second-order valence-electron chi connectivity index (χ2n) is 2.23. The van der Waals surface area contributed by atoms with Crippen LogP contribution in [0.25, 0.3) is 11.3 Å². The minimum absolute atomic E-state index is 0.717. The summed E-state index contributed by atoms with van der Waals surface area (Å²) in [6, 6.07) is 0. The molecule has 4 nitrogen and oxygen atoms in total. The van der Waals surface area contributed by atoms with Crippen LogP contribution >= 0.6 is 0 Å². The first kappa shape index (κ1) is 6.27. The summed E-state index contributed by atoms with van der Waals surface area (Å²) in [6.45, 7) is 2.94. The van der Waals surface area contributed by atoms with Crippen LogP contribution in [0.15, 0.2) is 18.7 Å². The van der Waals surface area contributed by atoms with Crippen LogP contribution in [0.5, 0.6) is 0 Å². The minimum Gasteiger partial charge on any atom is -0.314 e. The smallest absolute Gasteiger partial charge is 0.197 e. The molecule has 0 spiro atoms. The molecule has 0 bridgehead atoms. The highest BCUT2D eigenvalue weighted by molar-refractivity contribution is 5.64. The zero-order valence-corrected chi connectivity index (χ0v) is 6.23. The van der Waals surface area contributed by atoms with E-state index in [1.807, 2.05) is 4.57 Å². The SMILES string of the molecule is CCn1cnc2nccnc21. The third-order valence-corrected chi connectivity index (χ3v) is 1.59. The molecule has 0 aromatic carbocycles. The normalized spacial score (nSPS) is 10.6. The van der Waals surface area contributed by atoms with Crippen LogP contribution in [0.2, 0.25) is 0 Å². The van der Waals surface area contributed by atoms with Crippen molar-refractivity contribution >= 4 is 11.3 Å². The number of imidazole rings is 1. The van der Waals surface area contributed by atoms with E-state index in [1.54, 1.807) is 18.7 Å². The summed E-state index contributed by atoms with van der Waals surface area (Å²) < 4.78 is 1.96. The van der Waals surface area contributed by atoms with Gasteiger partial charge in [-0.25, -0.2) is 15.0 Å². The Morgan fingerprint density at radius 3 is 2.91 bits per heavy atom. The number of hydrogen-bond acceptors (Lipinski definition) is 3. The Kier molecular flexibility index (Phi) is 1.31. The summed E-state index contributed by atoms with van der Waals surface area (Å²) in [7, 11) is 0. The number of fused-ring (bicyclic) bond motifs is 1. The fraction of sp³-hybridized carbons (Fsp3) is 0.286. The molecule has 0 radical (unpaired) electrons. The van der Waals surface area contributed by atoms with Gasteiger partial charge in [-0.05, 0) is 6.92 Å². The van der Waals surface area contributed by atoms with Gasteiger partial charge in [0.25, 0.3) is 0 Å². The van der Waals surface area contributed by atoms with Gasteiger partial charge in [-0.2, -0.15) is 0 Å². The van der Waals surface area contributed by atoms with Crippen LogP contribution in [-0.2, 0) is 6.54 Å². The van der Waals surface area contributed by atoms with E-state index in [0.29, 0.717) is 5.65 Å². The number of nitrogens with zero attached hydrogens (tertiary/aromatic N) is 4. The lowest BCUT2D eigenvalue weighted by molar-refractivity contribution is 0.778. The molecule has 2 heterocycles. The van der Waals surface area contributed by atoms with Crippen LogP contribution in [0.1, 0.15) is 6.92 Å². The third-order valence-electron chi connectivity index (χ3n) is 1.59. The lowest BCUT2D eigenvalue weighted by Crippen LogP contribution is -1.92. The van der Waals surface area contributed by atoms with E-state index < -0.39 is 0 Å². The molecule has 0 atom stereocenters. The zero-order chi connectivity index (χ0) is 7.68. The number of aryl methyl sites for hydroxylation is 1. The summed E-state index contributed by atoms with van der Waals surface area (Å²) >= 11 is 0. The van der Waals surface area contributed by atoms with E-state index in [-0.39, 0.29) is 0 Å². The predicted octanol–water partition coefficient (Wildman–Crippen LogP) is 0.846. The lowest BCUT2D eigenvalue weighted by atomic mass is 10.6. The molecule has 4 heteroatoms. The predicted molar refractivity (Wildman–Crippen MR) is 41.0 cm³/mol. The molecule has 0 aliphatic heterocycles. The lowest BCUT2D eigenvalue weighted by Gasteiger charge is -1.94. The topological polar surface area (TPSA) is 43.6 Å². The second kappa shape index (κ2) is 2.30. The summed E-state index contributed by atoms with van der Waals surface area (Å²) in [5.41, 5.74) is 1.57. The van der Waals surface area contributed by atoms with Gasteiger partial charge in [0.2, 0.25) is 0 Å². The first-order chi connectivity index (χ1) is 5.42. The average molecular weight is 148 g/mol. The summed E-state index contributed by atoms with van der Waals surface area (Å²) in [5.74, 6) is 0. The molecule has 2 aromatic rings. The number of hydrogen-bond donors (Lipinski definition) is 0. The van der Waals surface area contributed by atoms with E-state index >= 15 is 0 Å². The van der Waals surface area contributed by atoms with Crippen LogP contribution < -0.4 is 0 Å². The van der Waals surface area contributed by atoms with Gasteiger partial charge < -0.3 is 4.57 Å². The Labute approximate surface area is 63.9 Å². The highest BCUT2D eigenvalue weighted by Gasteiger charge is 1.99. The van der Waals surface area contributed by atoms with Gasteiger partial charge in [-0.15, -0.1) is 0 Å². The van der Waals surface area contributed by atoms with Crippen LogP contribution in [0.3, 0.4) is 0 Å². The molecule has 56 valence electrons. The van der Waals surface area contributed by atoms with Crippen LogP contribution in [0.4, 0.5) is 0 Å². The fourth-order valence-electron chi connectivity index (χ4n) is 1.03. The second-order valence-corrected chi connectivity index (χ2v) is 2.23. The zero-order valence-electron chi connectivity index (χ0n) is 6.23. The molecule has 0 saturated heterocycles. The molecule has 2 rings (SSSR count). The molecule has 0 aliphatic carbocycles. The molecule has 11 heavy (non-hydrogen) atoms. The first-order valence-corrected chi connectivity index (χ1v) is 3.53. The number of aromatic nitrogens is 4. The maximum absolute atomic E-state index is 4.15.